The molecule has 2 aromatic rings. The molecule has 0 bridgehead atoms. The van der Waals surface area contributed by atoms with Crippen molar-refractivity contribution in [1.82, 2.24) is 15.6 Å². The Kier molecular flexibility index (Phi) is 6.42. The van der Waals surface area contributed by atoms with E-state index in [1.54, 1.807) is 18.4 Å². The number of nitrogens with one attached hydrogen (secondary N) is 2. The maximum absolute atomic E-state index is 6.24. The van der Waals surface area contributed by atoms with E-state index in [2.05, 4.69) is 46.8 Å². The van der Waals surface area contributed by atoms with E-state index in [-0.39, 0.29) is 6.04 Å². The SMILES string of the molecule is CN=C(NCc1csc(C(C)C)n1)NC(C)c1ccccc1Cl. The Balaban J connectivity index is 1.94. The van der Waals surface area contributed by atoms with Gasteiger partial charge in [0.2, 0.25) is 0 Å². The van der Waals surface area contributed by atoms with E-state index in [1.807, 2.05) is 24.3 Å². The van der Waals surface area contributed by atoms with E-state index in [4.69, 9.17) is 11.6 Å². The molecule has 23 heavy (non-hydrogen) atoms. The van der Waals surface area contributed by atoms with Crippen LogP contribution >= 0.6 is 22.9 Å². The number of hydrogen-bond donors (Lipinski definition) is 2. The molecule has 0 saturated heterocycles. The van der Waals surface area contributed by atoms with Gasteiger partial charge in [0.25, 0.3) is 0 Å². The molecule has 1 unspecified atom stereocenters. The second-order valence-corrected chi connectivity index (χ2v) is 6.94. The molecule has 1 aromatic heterocycles. The summed E-state index contributed by atoms with van der Waals surface area (Å²) in [6.45, 7) is 7.02. The van der Waals surface area contributed by atoms with E-state index in [9.17, 15) is 0 Å². The van der Waals surface area contributed by atoms with Crippen molar-refractivity contribution in [3.05, 3.63) is 50.9 Å². The quantitative estimate of drug-likeness (QED) is 0.622. The largest absolute Gasteiger partial charge is 0.351 e. The Morgan fingerprint density at radius 3 is 2.65 bits per heavy atom. The number of aromatic nitrogens is 1. The summed E-state index contributed by atoms with van der Waals surface area (Å²) >= 11 is 7.94. The minimum atomic E-state index is 0.0663. The van der Waals surface area contributed by atoms with Gasteiger partial charge in [0.05, 0.1) is 23.3 Å². The Hall–Kier alpha value is -1.59. The molecule has 0 aliphatic rings. The first-order valence-electron chi connectivity index (χ1n) is 7.67. The van der Waals surface area contributed by atoms with Crippen molar-refractivity contribution < 1.29 is 0 Å². The molecule has 2 N–H and O–H groups in total. The molecule has 1 aromatic carbocycles. The molecule has 2 rings (SSSR count). The lowest BCUT2D eigenvalue weighted by molar-refractivity contribution is 0.682. The number of rotatable bonds is 5. The Labute approximate surface area is 147 Å². The highest BCUT2D eigenvalue weighted by atomic mass is 35.5. The van der Waals surface area contributed by atoms with Crippen LogP contribution in [-0.2, 0) is 6.54 Å². The second-order valence-electron chi connectivity index (χ2n) is 5.65. The van der Waals surface area contributed by atoms with Gasteiger partial charge in [0.1, 0.15) is 0 Å². The third-order valence-electron chi connectivity index (χ3n) is 3.45. The zero-order valence-electron chi connectivity index (χ0n) is 13.9. The van der Waals surface area contributed by atoms with Crippen molar-refractivity contribution in [2.45, 2.75) is 39.3 Å². The molecule has 0 amide bonds. The predicted molar refractivity (Wildman–Crippen MR) is 99.4 cm³/mol. The highest BCUT2D eigenvalue weighted by Crippen LogP contribution is 2.22. The number of hydrogen-bond acceptors (Lipinski definition) is 3. The Bertz CT molecular complexity index is 666. The fourth-order valence-electron chi connectivity index (χ4n) is 2.15. The first-order chi connectivity index (χ1) is 11.0. The Morgan fingerprint density at radius 1 is 1.30 bits per heavy atom. The molecule has 4 nitrogen and oxygen atoms in total. The monoisotopic (exact) mass is 350 g/mol. The zero-order chi connectivity index (χ0) is 16.8. The van der Waals surface area contributed by atoms with E-state index in [1.165, 1.54) is 0 Å². The number of halogens is 1. The summed E-state index contributed by atoms with van der Waals surface area (Å²) in [6, 6.07) is 7.89. The van der Waals surface area contributed by atoms with Crippen LogP contribution in [0, 0.1) is 0 Å². The van der Waals surface area contributed by atoms with Crippen LogP contribution in [0.15, 0.2) is 34.6 Å². The van der Waals surface area contributed by atoms with Gasteiger partial charge in [-0.2, -0.15) is 0 Å². The lowest BCUT2D eigenvalue weighted by Crippen LogP contribution is -2.38. The van der Waals surface area contributed by atoms with Crippen molar-refractivity contribution >= 4 is 28.9 Å². The average Bonchev–Trinajstić information content (AvgIpc) is 3.00. The maximum atomic E-state index is 6.24. The minimum Gasteiger partial charge on any atom is -0.351 e. The number of aliphatic imine (C=N–C) groups is 1. The molecule has 6 heteroatoms. The maximum Gasteiger partial charge on any atom is 0.191 e. The van der Waals surface area contributed by atoms with Crippen LogP contribution in [0.4, 0.5) is 0 Å². The molecule has 0 radical (unpaired) electrons. The van der Waals surface area contributed by atoms with Crippen molar-refractivity contribution in [3.63, 3.8) is 0 Å². The average molecular weight is 351 g/mol. The van der Waals surface area contributed by atoms with Crippen LogP contribution in [0.3, 0.4) is 0 Å². The van der Waals surface area contributed by atoms with Gasteiger partial charge in [-0.3, -0.25) is 4.99 Å². The van der Waals surface area contributed by atoms with Crippen LogP contribution in [0.2, 0.25) is 5.02 Å². The number of thiazole rings is 1. The molecule has 124 valence electrons. The topological polar surface area (TPSA) is 49.3 Å². The summed E-state index contributed by atoms with van der Waals surface area (Å²) in [5.41, 5.74) is 2.08. The van der Waals surface area contributed by atoms with Crippen molar-refractivity contribution in [2.24, 2.45) is 4.99 Å². The van der Waals surface area contributed by atoms with E-state index >= 15 is 0 Å². The van der Waals surface area contributed by atoms with Gasteiger partial charge in [-0.15, -0.1) is 11.3 Å². The second kappa shape index (κ2) is 8.31. The standard InChI is InChI=1S/C17H23ClN4S/c1-11(2)16-22-13(10-23-16)9-20-17(19-4)21-12(3)14-7-5-6-8-15(14)18/h5-8,10-12H,9H2,1-4H3,(H2,19,20,21). The molecule has 0 aliphatic heterocycles. The lowest BCUT2D eigenvalue weighted by atomic mass is 10.1. The van der Waals surface area contributed by atoms with Gasteiger partial charge < -0.3 is 10.6 Å². The third kappa shape index (κ3) is 4.94. The van der Waals surface area contributed by atoms with Crippen LogP contribution in [0.1, 0.15) is 49.0 Å². The molecule has 1 atom stereocenters. The molecular weight excluding hydrogens is 328 g/mol. The highest BCUT2D eigenvalue weighted by Gasteiger charge is 2.11. The third-order valence-corrected chi connectivity index (χ3v) is 4.99. The fraction of sp³-hybridized carbons (Fsp3) is 0.412. The van der Waals surface area contributed by atoms with Gasteiger partial charge in [-0.1, -0.05) is 43.6 Å². The van der Waals surface area contributed by atoms with Crippen molar-refractivity contribution in [3.8, 4) is 0 Å². The van der Waals surface area contributed by atoms with Crippen LogP contribution < -0.4 is 10.6 Å². The van der Waals surface area contributed by atoms with Crippen LogP contribution in [0.5, 0.6) is 0 Å². The number of benzene rings is 1. The first kappa shape index (κ1) is 17.8. The highest BCUT2D eigenvalue weighted by molar-refractivity contribution is 7.09. The predicted octanol–water partition coefficient (Wildman–Crippen LogP) is 4.35. The van der Waals surface area contributed by atoms with E-state index < -0.39 is 0 Å². The van der Waals surface area contributed by atoms with Crippen molar-refractivity contribution in [1.29, 1.82) is 0 Å². The minimum absolute atomic E-state index is 0.0663. The molecule has 0 spiro atoms. The summed E-state index contributed by atoms with van der Waals surface area (Å²) in [5.74, 6) is 1.20. The smallest absolute Gasteiger partial charge is 0.191 e. The van der Waals surface area contributed by atoms with Gasteiger partial charge in [-0.25, -0.2) is 4.98 Å². The van der Waals surface area contributed by atoms with Crippen LogP contribution in [0.25, 0.3) is 0 Å². The van der Waals surface area contributed by atoms with E-state index in [0.29, 0.717) is 12.5 Å². The van der Waals surface area contributed by atoms with Crippen LogP contribution in [-0.4, -0.2) is 18.0 Å². The number of nitrogens with zero attached hydrogens (tertiary/aromatic N) is 2. The van der Waals surface area contributed by atoms with E-state index in [0.717, 1.165) is 27.2 Å². The summed E-state index contributed by atoms with van der Waals surface area (Å²) in [5, 5.41) is 10.7. The normalized spacial score (nSPS) is 13.2. The fourth-order valence-corrected chi connectivity index (χ4v) is 3.28. The Morgan fingerprint density at radius 2 is 2.04 bits per heavy atom. The number of guanidine groups is 1. The van der Waals surface area contributed by atoms with Crippen molar-refractivity contribution in [2.75, 3.05) is 7.05 Å². The summed E-state index contributed by atoms with van der Waals surface area (Å²) in [6.07, 6.45) is 0. The summed E-state index contributed by atoms with van der Waals surface area (Å²) in [4.78, 5) is 8.89. The molecule has 0 fully saturated rings. The van der Waals surface area contributed by atoms with Gasteiger partial charge in [0.15, 0.2) is 5.96 Å². The summed E-state index contributed by atoms with van der Waals surface area (Å²) < 4.78 is 0. The zero-order valence-corrected chi connectivity index (χ0v) is 15.5. The molecule has 0 aliphatic carbocycles. The first-order valence-corrected chi connectivity index (χ1v) is 8.93. The van der Waals surface area contributed by atoms with Gasteiger partial charge >= 0.3 is 0 Å². The molecular formula is C17H23ClN4S. The lowest BCUT2D eigenvalue weighted by Gasteiger charge is -2.19. The molecule has 0 saturated carbocycles. The molecule has 1 heterocycles. The van der Waals surface area contributed by atoms with Gasteiger partial charge in [-0.05, 0) is 18.6 Å². The van der Waals surface area contributed by atoms with Gasteiger partial charge in [0, 0.05) is 23.4 Å². The summed E-state index contributed by atoms with van der Waals surface area (Å²) in [7, 11) is 1.76.